The topological polar surface area (TPSA) is 55.6 Å². The Morgan fingerprint density at radius 1 is 1.44 bits per heavy atom. The second-order valence-electron chi connectivity index (χ2n) is 5.10. The van der Waals surface area contributed by atoms with E-state index in [1.165, 1.54) is 0 Å². The lowest BCUT2D eigenvalue weighted by Crippen LogP contribution is -2.43. The number of carbonyl (C=O) groups is 1. The van der Waals surface area contributed by atoms with E-state index in [1.54, 1.807) is 4.90 Å². The van der Waals surface area contributed by atoms with E-state index in [2.05, 4.69) is 0 Å². The number of carbonyl (C=O) groups excluding carboxylic acids is 1. The smallest absolute Gasteiger partial charge is 0.410 e. The van der Waals surface area contributed by atoms with Gasteiger partial charge in [-0.15, -0.1) is 0 Å². The minimum Gasteiger partial charge on any atom is -0.444 e. The highest BCUT2D eigenvalue weighted by molar-refractivity contribution is 5.68. The van der Waals surface area contributed by atoms with Gasteiger partial charge in [-0.3, -0.25) is 0 Å². The molecular formula is C12H26N2O2. The predicted molar refractivity (Wildman–Crippen MR) is 66.4 cm³/mol. The summed E-state index contributed by atoms with van der Waals surface area (Å²) in [5.74, 6) is 0. The van der Waals surface area contributed by atoms with Crippen molar-refractivity contribution in [2.45, 2.75) is 59.1 Å². The van der Waals surface area contributed by atoms with Crippen LogP contribution in [0.5, 0.6) is 0 Å². The predicted octanol–water partition coefficient (Wildman–Crippen LogP) is 2.37. The lowest BCUT2D eigenvalue weighted by atomic mass is 10.2. The summed E-state index contributed by atoms with van der Waals surface area (Å²) in [6.07, 6.45) is 1.49. The van der Waals surface area contributed by atoms with Crippen LogP contribution in [0.3, 0.4) is 0 Å². The molecule has 4 nitrogen and oxygen atoms in total. The fourth-order valence-corrected chi connectivity index (χ4v) is 1.45. The van der Waals surface area contributed by atoms with Crippen LogP contribution in [0.1, 0.15) is 47.5 Å². The highest BCUT2D eigenvalue weighted by Gasteiger charge is 2.24. The summed E-state index contributed by atoms with van der Waals surface area (Å²) in [6.45, 7) is 11.0. The number of hydrogen-bond acceptors (Lipinski definition) is 3. The minimum atomic E-state index is -0.439. The fraction of sp³-hybridized carbons (Fsp3) is 0.917. The van der Waals surface area contributed by atoms with Crippen molar-refractivity contribution >= 4 is 6.09 Å². The lowest BCUT2D eigenvalue weighted by molar-refractivity contribution is 0.0171. The first kappa shape index (κ1) is 15.2. The Bertz CT molecular complexity index is 212. The van der Waals surface area contributed by atoms with Crippen LogP contribution < -0.4 is 5.73 Å². The largest absolute Gasteiger partial charge is 0.444 e. The van der Waals surface area contributed by atoms with Crippen LogP contribution in [0.15, 0.2) is 0 Å². The Balaban J connectivity index is 4.45. The first-order chi connectivity index (χ1) is 7.31. The molecule has 0 rings (SSSR count). The number of rotatable bonds is 5. The third-order valence-corrected chi connectivity index (χ3v) is 2.21. The number of amides is 1. The normalized spacial score (nSPS) is 13.4. The van der Waals surface area contributed by atoms with Gasteiger partial charge in [-0.25, -0.2) is 4.79 Å². The Hall–Kier alpha value is -0.770. The summed E-state index contributed by atoms with van der Waals surface area (Å²) in [4.78, 5) is 13.7. The summed E-state index contributed by atoms with van der Waals surface area (Å²) in [5, 5.41) is 0. The average Bonchev–Trinajstić information content (AvgIpc) is 2.11. The van der Waals surface area contributed by atoms with E-state index in [1.807, 2.05) is 34.6 Å². The van der Waals surface area contributed by atoms with E-state index in [9.17, 15) is 4.79 Å². The quantitative estimate of drug-likeness (QED) is 0.789. The Labute approximate surface area is 99.1 Å². The zero-order valence-electron chi connectivity index (χ0n) is 11.2. The van der Waals surface area contributed by atoms with Crippen LogP contribution in [0, 0.1) is 0 Å². The van der Waals surface area contributed by atoms with Gasteiger partial charge in [0.15, 0.2) is 0 Å². The number of ether oxygens (including phenoxy) is 1. The molecule has 0 aromatic rings. The Morgan fingerprint density at radius 2 is 2.00 bits per heavy atom. The molecular weight excluding hydrogens is 204 g/mol. The van der Waals surface area contributed by atoms with Crippen molar-refractivity contribution in [3.8, 4) is 0 Å². The van der Waals surface area contributed by atoms with Gasteiger partial charge >= 0.3 is 6.09 Å². The average molecular weight is 230 g/mol. The molecule has 16 heavy (non-hydrogen) atoms. The maximum absolute atomic E-state index is 11.9. The summed E-state index contributed by atoms with van der Waals surface area (Å²) in [7, 11) is 0. The number of nitrogens with zero attached hydrogens (tertiary/aromatic N) is 1. The molecule has 0 saturated heterocycles. The van der Waals surface area contributed by atoms with E-state index >= 15 is 0 Å². The van der Waals surface area contributed by atoms with E-state index < -0.39 is 5.60 Å². The van der Waals surface area contributed by atoms with Crippen LogP contribution in [-0.2, 0) is 4.74 Å². The molecule has 0 aliphatic rings. The summed E-state index contributed by atoms with van der Waals surface area (Å²) >= 11 is 0. The number of nitrogens with two attached hydrogens (primary N) is 1. The molecule has 0 aliphatic heterocycles. The van der Waals surface area contributed by atoms with Crippen molar-refractivity contribution in [1.82, 2.24) is 4.90 Å². The standard InChI is InChI=1S/C12H26N2O2/c1-6-9-14(10(2)7-8-13)11(15)16-12(3,4)5/h10H,6-9,13H2,1-5H3/t10-/m0/s1. The maximum atomic E-state index is 11.9. The van der Waals surface area contributed by atoms with Gasteiger partial charge < -0.3 is 15.4 Å². The van der Waals surface area contributed by atoms with Gasteiger partial charge in [-0.2, -0.15) is 0 Å². The van der Waals surface area contributed by atoms with E-state index in [4.69, 9.17) is 10.5 Å². The van der Waals surface area contributed by atoms with Gasteiger partial charge in [0.05, 0.1) is 0 Å². The first-order valence-corrected chi connectivity index (χ1v) is 6.01. The SMILES string of the molecule is CCCN(C(=O)OC(C)(C)C)[C@@H](C)CCN. The van der Waals surface area contributed by atoms with Crippen LogP contribution in [-0.4, -0.2) is 35.7 Å². The van der Waals surface area contributed by atoms with E-state index in [0.29, 0.717) is 6.54 Å². The molecule has 0 fully saturated rings. The molecule has 1 amide bonds. The van der Waals surface area contributed by atoms with Crippen molar-refractivity contribution in [2.24, 2.45) is 5.73 Å². The molecule has 0 saturated carbocycles. The van der Waals surface area contributed by atoms with Crippen LogP contribution >= 0.6 is 0 Å². The van der Waals surface area contributed by atoms with E-state index in [-0.39, 0.29) is 12.1 Å². The van der Waals surface area contributed by atoms with Crippen LogP contribution in [0.25, 0.3) is 0 Å². The first-order valence-electron chi connectivity index (χ1n) is 6.01. The maximum Gasteiger partial charge on any atom is 0.410 e. The van der Waals surface area contributed by atoms with Crippen LogP contribution in [0.2, 0.25) is 0 Å². The zero-order chi connectivity index (χ0) is 12.8. The second kappa shape index (κ2) is 6.74. The molecule has 2 N–H and O–H groups in total. The Morgan fingerprint density at radius 3 is 2.38 bits per heavy atom. The highest BCUT2D eigenvalue weighted by atomic mass is 16.6. The van der Waals surface area contributed by atoms with Crippen molar-refractivity contribution in [3.63, 3.8) is 0 Å². The third kappa shape index (κ3) is 5.95. The number of hydrogen-bond donors (Lipinski definition) is 1. The van der Waals surface area contributed by atoms with Crippen LogP contribution in [0.4, 0.5) is 4.79 Å². The molecule has 0 bridgehead atoms. The van der Waals surface area contributed by atoms with Gasteiger partial charge in [-0.1, -0.05) is 6.92 Å². The lowest BCUT2D eigenvalue weighted by Gasteiger charge is -2.31. The minimum absolute atomic E-state index is 0.139. The Kier molecular flexibility index (Phi) is 6.41. The van der Waals surface area contributed by atoms with Crippen molar-refractivity contribution in [3.05, 3.63) is 0 Å². The summed E-state index contributed by atoms with van der Waals surface area (Å²) < 4.78 is 5.37. The van der Waals surface area contributed by atoms with E-state index in [0.717, 1.165) is 19.4 Å². The van der Waals surface area contributed by atoms with Gasteiger partial charge in [0.25, 0.3) is 0 Å². The molecule has 0 aromatic heterocycles. The molecule has 1 atom stereocenters. The molecule has 0 heterocycles. The molecule has 0 radical (unpaired) electrons. The van der Waals surface area contributed by atoms with Gasteiger partial charge in [-0.05, 0) is 47.1 Å². The second-order valence-corrected chi connectivity index (χ2v) is 5.10. The molecule has 4 heteroatoms. The summed E-state index contributed by atoms with van der Waals surface area (Å²) in [5.41, 5.74) is 5.07. The molecule has 0 aliphatic carbocycles. The van der Waals surface area contributed by atoms with Gasteiger partial charge in [0.2, 0.25) is 0 Å². The van der Waals surface area contributed by atoms with Gasteiger partial charge in [0.1, 0.15) is 5.60 Å². The highest BCUT2D eigenvalue weighted by Crippen LogP contribution is 2.13. The molecule has 96 valence electrons. The van der Waals surface area contributed by atoms with Gasteiger partial charge in [0, 0.05) is 12.6 Å². The molecule has 0 unspecified atom stereocenters. The molecule has 0 aromatic carbocycles. The third-order valence-electron chi connectivity index (χ3n) is 2.21. The van der Waals surface area contributed by atoms with Crippen molar-refractivity contribution < 1.29 is 9.53 Å². The zero-order valence-corrected chi connectivity index (χ0v) is 11.2. The molecule has 0 spiro atoms. The summed E-state index contributed by atoms with van der Waals surface area (Å²) in [6, 6.07) is 0.139. The van der Waals surface area contributed by atoms with Crippen molar-refractivity contribution in [1.29, 1.82) is 0 Å². The monoisotopic (exact) mass is 230 g/mol. The van der Waals surface area contributed by atoms with Crippen molar-refractivity contribution in [2.75, 3.05) is 13.1 Å². The fourth-order valence-electron chi connectivity index (χ4n) is 1.45.